The minimum atomic E-state index is -3.77. The Morgan fingerprint density at radius 1 is 0.657 bits per heavy atom. The van der Waals surface area contributed by atoms with Crippen molar-refractivity contribution < 1.29 is 8.42 Å². The van der Waals surface area contributed by atoms with Gasteiger partial charge in [0.1, 0.15) is 0 Å². The Kier molecular flexibility index (Phi) is 6.53. The number of aromatic nitrogens is 1. The predicted molar refractivity (Wildman–Crippen MR) is 142 cm³/mol. The van der Waals surface area contributed by atoms with E-state index in [2.05, 4.69) is 29.2 Å². The zero-order valence-corrected chi connectivity index (χ0v) is 20.5. The first kappa shape index (κ1) is 23.1. The molecule has 35 heavy (non-hydrogen) atoms. The maximum Gasteiger partial charge on any atom is 0.268 e. The third-order valence-electron chi connectivity index (χ3n) is 6.18. The summed E-state index contributed by atoms with van der Waals surface area (Å²) in [4.78, 5) is 2.59. The molecular weight excluding hydrogens is 452 g/mol. The van der Waals surface area contributed by atoms with Crippen LogP contribution in [0.4, 0.5) is 0 Å². The Hall–Kier alpha value is -3.67. The highest BCUT2D eigenvalue weighted by atomic mass is 32.2. The Morgan fingerprint density at radius 2 is 1.20 bits per heavy atom. The third kappa shape index (κ3) is 5.06. The highest BCUT2D eigenvalue weighted by Gasteiger charge is 2.24. The number of rotatable bonds is 8. The van der Waals surface area contributed by atoms with Gasteiger partial charge in [-0.3, -0.25) is 4.90 Å². The number of hydrogen-bond acceptors (Lipinski definition) is 3. The SMILES string of the molecule is Cc1ccc(S(=O)(=O)n2c(CN(Cc3ccccc3)Cc3ccccc3)cc3ccccc32)cc1. The summed E-state index contributed by atoms with van der Waals surface area (Å²) in [5.74, 6) is 0. The number of aryl methyl sites for hydroxylation is 1. The van der Waals surface area contributed by atoms with Crippen LogP contribution in [0.5, 0.6) is 0 Å². The van der Waals surface area contributed by atoms with Crippen molar-refractivity contribution in [2.24, 2.45) is 0 Å². The van der Waals surface area contributed by atoms with E-state index < -0.39 is 10.0 Å². The van der Waals surface area contributed by atoms with Crippen LogP contribution in [0.3, 0.4) is 0 Å². The lowest BCUT2D eigenvalue weighted by atomic mass is 10.1. The second-order valence-corrected chi connectivity index (χ2v) is 10.7. The van der Waals surface area contributed by atoms with E-state index in [0.29, 0.717) is 30.0 Å². The summed E-state index contributed by atoms with van der Waals surface area (Å²) in [7, 11) is -3.77. The molecule has 4 nitrogen and oxygen atoms in total. The lowest BCUT2D eigenvalue weighted by molar-refractivity contribution is 0.244. The Balaban J connectivity index is 1.58. The highest BCUT2D eigenvalue weighted by molar-refractivity contribution is 7.90. The Labute approximate surface area is 207 Å². The van der Waals surface area contributed by atoms with E-state index in [1.807, 2.05) is 85.8 Å². The van der Waals surface area contributed by atoms with E-state index in [9.17, 15) is 8.42 Å². The van der Waals surface area contributed by atoms with E-state index in [1.54, 1.807) is 12.1 Å². The molecule has 5 aromatic rings. The van der Waals surface area contributed by atoms with Crippen molar-refractivity contribution in [3.63, 3.8) is 0 Å². The molecule has 0 aliphatic heterocycles. The first-order valence-corrected chi connectivity index (χ1v) is 13.2. The number of nitrogens with zero attached hydrogens (tertiary/aromatic N) is 2. The van der Waals surface area contributed by atoms with Gasteiger partial charge in [0.25, 0.3) is 10.0 Å². The summed E-state index contributed by atoms with van der Waals surface area (Å²) in [6, 6.07) is 37.3. The molecule has 0 atom stereocenters. The fourth-order valence-electron chi connectivity index (χ4n) is 4.48. The molecule has 0 aliphatic rings. The molecule has 0 aliphatic carbocycles. The second-order valence-electron chi connectivity index (χ2n) is 8.89. The zero-order chi connectivity index (χ0) is 24.3. The van der Waals surface area contributed by atoms with Gasteiger partial charge in [0.2, 0.25) is 0 Å². The summed E-state index contributed by atoms with van der Waals surface area (Å²) in [6.45, 7) is 3.87. The molecule has 1 aromatic heterocycles. The largest absolute Gasteiger partial charge is 0.289 e. The molecule has 1 heterocycles. The van der Waals surface area contributed by atoms with Crippen LogP contribution < -0.4 is 0 Å². The molecule has 5 rings (SSSR count). The summed E-state index contributed by atoms with van der Waals surface area (Å²) in [5.41, 5.74) is 4.85. The average Bonchev–Trinajstić information content (AvgIpc) is 3.24. The van der Waals surface area contributed by atoms with Crippen LogP contribution in [0.1, 0.15) is 22.4 Å². The smallest absolute Gasteiger partial charge is 0.268 e. The van der Waals surface area contributed by atoms with Gasteiger partial charge in [-0.2, -0.15) is 0 Å². The maximum atomic E-state index is 13.9. The maximum absolute atomic E-state index is 13.9. The monoisotopic (exact) mass is 480 g/mol. The van der Waals surface area contributed by atoms with Gasteiger partial charge in [-0.15, -0.1) is 0 Å². The van der Waals surface area contributed by atoms with E-state index in [1.165, 1.54) is 15.1 Å². The zero-order valence-electron chi connectivity index (χ0n) is 19.7. The van der Waals surface area contributed by atoms with Gasteiger partial charge in [0.15, 0.2) is 0 Å². The molecule has 0 radical (unpaired) electrons. The molecule has 176 valence electrons. The molecule has 5 heteroatoms. The first-order valence-electron chi connectivity index (χ1n) is 11.7. The number of fused-ring (bicyclic) bond motifs is 1. The van der Waals surface area contributed by atoms with Crippen molar-refractivity contribution in [2.75, 3.05) is 0 Å². The molecule has 0 bridgehead atoms. The molecule has 0 saturated carbocycles. The molecular formula is C30H28N2O2S. The van der Waals surface area contributed by atoms with Crippen LogP contribution >= 0.6 is 0 Å². The van der Waals surface area contributed by atoms with Gasteiger partial charge in [0.05, 0.1) is 10.4 Å². The van der Waals surface area contributed by atoms with Crippen molar-refractivity contribution in [3.05, 3.63) is 138 Å². The van der Waals surface area contributed by atoms with Gasteiger partial charge >= 0.3 is 0 Å². The van der Waals surface area contributed by atoms with Crippen molar-refractivity contribution >= 4 is 20.9 Å². The number of hydrogen-bond donors (Lipinski definition) is 0. The van der Waals surface area contributed by atoms with Gasteiger partial charge in [-0.25, -0.2) is 12.4 Å². The van der Waals surface area contributed by atoms with Gasteiger partial charge in [0, 0.05) is 30.7 Å². The van der Waals surface area contributed by atoms with Crippen LogP contribution in [-0.4, -0.2) is 17.3 Å². The van der Waals surface area contributed by atoms with Crippen molar-refractivity contribution in [1.82, 2.24) is 8.87 Å². The molecule has 0 unspecified atom stereocenters. The topological polar surface area (TPSA) is 42.3 Å². The van der Waals surface area contributed by atoms with E-state index in [0.717, 1.165) is 16.6 Å². The second kappa shape index (κ2) is 9.90. The molecule has 0 spiro atoms. The number of benzene rings is 4. The fraction of sp³-hybridized carbons (Fsp3) is 0.133. The number of para-hydroxylation sites is 1. The van der Waals surface area contributed by atoms with Crippen LogP contribution in [0.15, 0.2) is 120 Å². The third-order valence-corrected chi connectivity index (χ3v) is 7.96. The fourth-order valence-corrected chi connectivity index (χ4v) is 6.01. The van der Waals surface area contributed by atoms with E-state index in [-0.39, 0.29) is 0 Å². The van der Waals surface area contributed by atoms with Crippen molar-refractivity contribution in [1.29, 1.82) is 0 Å². The Morgan fingerprint density at radius 3 is 1.80 bits per heavy atom. The summed E-state index contributed by atoms with van der Waals surface area (Å²) >= 11 is 0. The molecule has 0 N–H and O–H groups in total. The minimum absolute atomic E-state index is 0.295. The van der Waals surface area contributed by atoms with Crippen molar-refractivity contribution in [2.45, 2.75) is 31.5 Å². The van der Waals surface area contributed by atoms with E-state index in [4.69, 9.17) is 0 Å². The van der Waals surface area contributed by atoms with Crippen LogP contribution in [0, 0.1) is 6.92 Å². The van der Waals surface area contributed by atoms with Crippen molar-refractivity contribution in [3.8, 4) is 0 Å². The molecule has 4 aromatic carbocycles. The lowest BCUT2D eigenvalue weighted by Gasteiger charge is -2.24. The Bertz CT molecular complexity index is 1480. The highest BCUT2D eigenvalue weighted by Crippen LogP contribution is 2.28. The summed E-state index contributed by atoms with van der Waals surface area (Å²) < 4.78 is 29.3. The van der Waals surface area contributed by atoms with Crippen LogP contribution in [-0.2, 0) is 29.7 Å². The standard InChI is InChI=1S/C30H28N2O2S/c1-24-16-18-29(19-17-24)35(33,34)32-28(20-27-14-8-9-15-30(27)32)23-31(21-25-10-4-2-5-11-25)22-26-12-6-3-7-13-26/h2-20H,21-23H2,1H3. The molecule has 0 fully saturated rings. The van der Waals surface area contributed by atoms with Crippen LogP contribution in [0.25, 0.3) is 10.9 Å². The molecule has 0 amide bonds. The van der Waals surface area contributed by atoms with Gasteiger partial charge in [-0.05, 0) is 42.3 Å². The summed E-state index contributed by atoms with van der Waals surface area (Å²) in [6.07, 6.45) is 0. The summed E-state index contributed by atoms with van der Waals surface area (Å²) in [5, 5.41) is 0.914. The van der Waals surface area contributed by atoms with Gasteiger partial charge in [-0.1, -0.05) is 96.6 Å². The lowest BCUT2D eigenvalue weighted by Crippen LogP contribution is -2.25. The van der Waals surface area contributed by atoms with E-state index >= 15 is 0 Å². The van der Waals surface area contributed by atoms with Gasteiger partial charge < -0.3 is 0 Å². The minimum Gasteiger partial charge on any atom is -0.289 e. The van der Waals surface area contributed by atoms with Crippen LogP contribution in [0.2, 0.25) is 0 Å². The predicted octanol–water partition coefficient (Wildman–Crippen LogP) is 6.39. The normalized spacial score (nSPS) is 11.8. The first-order chi connectivity index (χ1) is 17.0. The quantitative estimate of drug-likeness (QED) is 0.258. The average molecular weight is 481 g/mol. The molecule has 0 saturated heterocycles.